The summed E-state index contributed by atoms with van der Waals surface area (Å²) in [5, 5.41) is 13.2. The van der Waals surface area contributed by atoms with Crippen LogP contribution in [0.4, 0.5) is 0 Å². The molecule has 1 heterocycles. The van der Waals surface area contributed by atoms with Crippen LogP contribution in [0.15, 0.2) is 42.5 Å². The standard InChI is InChI=1S/C22H27NO4/c1-12(2)16(10-13-6-4-3-5-7-13)19(21(24)25)23-20-17-14-8-9-15(11-14)18(17)22(26)27-20/h3-9,12,14-20,23H,10-11H2,1-2H3,(H,24,25)/t14-,15+,16-,17-,18+,19-,20?/m0/s1. The number of carboxylic acid groups (broad SMARTS) is 1. The molecule has 7 atom stereocenters. The van der Waals surface area contributed by atoms with Gasteiger partial charge in [0.1, 0.15) is 6.04 Å². The summed E-state index contributed by atoms with van der Waals surface area (Å²) in [5.74, 6) is -0.482. The number of nitrogens with one attached hydrogen (secondary N) is 1. The van der Waals surface area contributed by atoms with Crippen LogP contribution >= 0.6 is 0 Å². The number of benzene rings is 1. The normalized spacial score (nSPS) is 33.1. The van der Waals surface area contributed by atoms with Gasteiger partial charge in [0.15, 0.2) is 6.23 Å². The number of allylic oxidation sites excluding steroid dienone is 2. The fourth-order valence-corrected chi connectivity index (χ4v) is 5.21. The zero-order chi connectivity index (χ0) is 19.1. The second-order valence-corrected chi connectivity index (χ2v) is 8.49. The van der Waals surface area contributed by atoms with Crippen molar-refractivity contribution in [1.29, 1.82) is 0 Å². The van der Waals surface area contributed by atoms with Gasteiger partial charge in [-0.05, 0) is 42.1 Å². The number of carbonyl (C=O) groups is 2. The summed E-state index contributed by atoms with van der Waals surface area (Å²) < 4.78 is 5.62. The van der Waals surface area contributed by atoms with Gasteiger partial charge in [-0.3, -0.25) is 14.9 Å². The molecule has 2 aliphatic carbocycles. The molecule has 5 heteroatoms. The van der Waals surface area contributed by atoms with E-state index >= 15 is 0 Å². The number of aliphatic carboxylic acids is 1. The first-order valence-electron chi connectivity index (χ1n) is 9.87. The van der Waals surface area contributed by atoms with Crippen LogP contribution in [0.2, 0.25) is 0 Å². The van der Waals surface area contributed by atoms with Gasteiger partial charge in [-0.15, -0.1) is 0 Å². The molecule has 2 fully saturated rings. The molecule has 1 unspecified atom stereocenters. The fourth-order valence-electron chi connectivity index (χ4n) is 5.21. The number of cyclic esters (lactones) is 1. The van der Waals surface area contributed by atoms with E-state index in [0.29, 0.717) is 12.3 Å². The predicted molar refractivity (Wildman–Crippen MR) is 101 cm³/mol. The van der Waals surface area contributed by atoms with Crippen LogP contribution in [0, 0.1) is 35.5 Å². The van der Waals surface area contributed by atoms with E-state index < -0.39 is 18.2 Å². The molecule has 0 aromatic heterocycles. The number of fused-ring (bicyclic) bond motifs is 5. The minimum Gasteiger partial charge on any atom is -0.480 e. The predicted octanol–water partition coefficient (Wildman–Crippen LogP) is 2.87. The Morgan fingerprint density at radius 2 is 1.93 bits per heavy atom. The van der Waals surface area contributed by atoms with Gasteiger partial charge >= 0.3 is 11.9 Å². The highest BCUT2D eigenvalue weighted by Gasteiger charge is 2.58. The lowest BCUT2D eigenvalue weighted by molar-refractivity contribution is -0.150. The topological polar surface area (TPSA) is 75.6 Å². The zero-order valence-electron chi connectivity index (χ0n) is 15.7. The van der Waals surface area contributed by atoms with E-state index in [2.05, 4.69) is 31.3 Å². The molecule has 3 aliphatic rings. The molecular formula is C22H27NO4. The first-order valence-corrected chi connectivity index (χ1v) is 9.87. The minimum atomic E-state index is -0.886. The van der Waals surface area contributed by atoms with Crippen molar-refractivity contribution < 1.29 is 19.4 Å². The third-order valence-electron chi connectivity index (χ3n) is 6.59. The smallest absolute Gasteiger partial charge is 0.321 e. The van der Waals surface area contributed by atoms with E-state index in [1.54, 1.807) is 0 Å². The van der Waals surface area contributed by atoms with E-state index in [0.717, 1.165) is 12.0 Å². The van der Waals surface area contributed by atoms with Crippen molar-refractivity contribution in [3.8, 4) is 0 Å². The molecule has 4 rings (SSSR count). The molecule has 27 heavy (non-hydrogen) atoms. The zero-order valence-corrected chi connectivity index (χ0v) is 15.7. The van der Waals surface area contributed by atoms with Gasteiger partial charge in [-0.2, -0.15) is 0 Å². The van der Waals surface area contributed by atoms with Crippen LogP contribution in [-0.4, -0.2) is 29.3 Å². The van der Waals surface area contributed by atoms with Crippen molar-refractivity contribution in [2.45, 2.75) is 39.0 Å². The highest BCUT2D eigenvalue weighted by Crippen LogP contribution is 2.53. The number of carboxylic acids is 1. The lowest BCUT2D eigenvalue weighted by Crippen LogP contribution is -2.52. The lowest BCUT2D eigenvalue weighted by Gasteiger charge is -2.32. The summed E-state index contributed by atoms with van der Waals surface area (Å²) in [5.41, 5.74) is 1.12. The quantitative estimate of drug-likeness (QED) is 0.571. The third-order valence-corrected chi connectivity index (χ3v) is 6.59. The van der Waals surface area contributed by atoms with Crippen molar-refractivity contribution in [2.75, 3.05) is 0 Å². The van der Waals surface area contributed by atoms with Gasteiger partial charge < -0.3 is 9.84 Å². The highest BCUT2D eigenvalue weighted by molar-refractivity contribution is 5.78. The second-order valence-electron chi connectivity index (χ2n) is 8.49. The molecule has 1 aliphatic heterocycles. The molecule has 0 radical (unpaired) electrons. The molecule has 1 saturated heterocycles. The number of carbonyl (C=O) groups excluding carboxylic acids is 1. The summed E-state index contributed by atoms with van der Waals surface area (Å²) in [6.45, 7) is 4.10. The molecule has 2 bridgehead atoms. The molecular weight excluding hydrogens is 342 g/mol. The Labute approximate surface area is 159 Å². The second kappa shape index (κ2) is 7.12. The van der Waals surface area contributed by atoms with Crippen LogP contribution in [-0.2, 0) is 20.7 Å². The molecule has 2 N–H and O–H groups in total. The number of hydrogen-bond acceptors (Lipinski definition) is 4. The van der Waals surface area contributed by atoms with Gasteiger partial charge in [-0.25, -0.2) is 0 Å². The first kappa shape index (κ1) is 18.2. The summed E-state index contributed by atoms with van der Waals surface area (Å²) in [6, 6.07) is 9.20. The number of rotatable bonds is 7. The first-order chi connectivity index (χ1) is 13.0. The van der Waals surface area contributed by atoms with Crippen LogP contribution in [0.5, 0.6) is 0 Å². The van der Waals surface area contributed by atoms with Crippen molar-refractivity contribution in [3.63, 3.8) is 0 Å². The van der Waals surface area contributed by atoms with E-state index in [-0.39, 0.29) is 35.6 Å². The number of esters is 1. The Morgan fingerprint density at radius 3 is 2.59 bits per heavy atom. The van der Waals surface area contributed by atoms with Gasteiger partial charge in [0, 0.05) is 5.92 Å². The summed E-state index contributed by atoms with van der Waals surface area (Å²) in [4.78, 5) is 24.5. The molecule has 144 valence electrons. The molecule has 5 nitrogen and oxygen atoms in total. The average molecular weight is 369 g/mol. The lowest BCUT2D eigenvalue weighted by atomic mass is 9.81. The Balaban J connectivity index is 1.54. The molecule has 1 aromatic carbocycles. The number of hydrogen-bond donors (Lipinski definition) is 2. The van der Waals surface area contributed by atoms with Gasteiger partial charge in [0.05, 0.1) is 5.92 Å². The highest BCUT2D eigenvalue weighted by atomic mass is 16.6. The van der Waals surface area contributed by atoms with Crippen LogP contribution in [0.1, 0.15) is 25.8 Å². The monoisotopic (exact) mass is 369 g/mol. The maximum Gasteiger partial charge on any atom is 0.321 e. The molecule has 1 aromatic rings. The van der Waals surface area contributed by atoms with Gasteiger partial charge in [-0.1, -0.05) is 56.3 Å². The Kier molecular flexibility index (Phi) is 4.81. The minimum absolute atomic E-state index is 0.0545. The maximum absolute atomic E-state index is 12.4. The van der Waals surface area contributed by atoms with Crippen LogP contribution < -0.4 is 5.32 Å². The molecule has 0 spiro atoms. The van der Waals surface area contributed by atoms with Crippen molar-refractivity contribution in [3.05, 3.63) is 48.0 Å². The summed E-state index contributed by atoms with van der Waals surface area (Å²) >= 11 is 0. The Bertz CT molecular complexity index is 744. The van der Waals surface area contributed by atoms with E-state index in [4.69, 9.17) is 4.74 Å². The van der Waals surface area contributed by atoms with Gasteiger partial charge in [0.25, 0.3) is 0 Å². The largest absolute Gasteiger partial charge is 0.480 e. The van der Waals surface area contributed by atoms with E-state index in [1.165, 1.54) is 0 Å². The van der Waals surface area contributed by atoms with Crippen molar-refractivity contribution in [1.82, 2.24) is 5.32 Å². The summed E-state index contributed by atoms with van der Waals surface area (Å²) in [7, 11) is 0. The maximum atomic E-state index is 12.4. The van der Waals surface area contributed by atoms with E-state index in [9.17, 15) is 14.7 Å². The summed E-state index contributed by atoms with van der Waals surface area (Å²) in [6.07, 6.45) is 5.43. The average Bonchev–Trinajstić information content (AvgIpc) is 3.32. The molecule has 1 saturated carbocycles. The van der Waals surface area contributed by atoms with Crippen LogP contribution in [0.3, 0.4) is 0 Å². The van der Waals surface area contributed by atoms with Gasteiger partial charge in [0.2, 0.25) is 0 Å². The van der Waals surface area contributed by atoms with Crippen molar-refractivity contribution in [2.24, 2.45) is 35.5 Å². The Hall–Kier alpha value is -2.14. The Morgan fingerprint density at radius 1 is 1.22 bits per heavy atom. The van der Waals surface area contributed by atoms with Crippen LogP contribution in [0.25, 0.3) is 0 Å². The third kappa shape index (κ3) is 3.29. The number of ether oxygens (including phenoxy) is 1. The molecule has 0 amide bonds. The SMILES string of the molecule is CC(C)[C@H](Cc1ccccc1)[C@H](NC1OC(=O)[C@H]2[C@@H]1[C@H]1C=C[C@@H]2C1)C(=O)O. The van der Waals surface area contributed by atoms with Crippen molar-refractivity contribution >= 4 is 11.9 Å². The fraction of sp³-hybridized carbons (Fsp3) is 0.545. The van der Waals surface area contributed by atoms with E-state index in [1.807, 2.05) is 30.3 Å².